The van der Waals surface area contributed by atoms with Gasteiger partial charge in [0, 0.05) is 25.3 Å². The van der Waals surface area contributed by atoms with Crippen molar-refractivity contribution in [2.45, 2.75) is 72.0 Å². The summed E-state index contributed by atoms with van der Waals surface area (Å²) < 4.78 is 16.8. The van der Waals surface area contributed by atoms with Crippen LogP contribution in [-0.2, 0) is 14.3 Å². The van der Waals surface area contributed by atoms with Crippen LogP contribution >= 0.6 is 0 Å². The van der Waals surface area contributed by atoms with E-state index in [4.69, 9.17) is 14.2 Å². The Labute approximate surface area is 165 Å². The lowest BCUT2D eigenvalue weighted by Gasteiger charge is -2.35. The molecule has 1 saturated heterocycles. The number of epoxide rings is 1. The molecule has 1 saturated carbocycles. The highest BCUT2D eigenvalue weighted by atomic mass is 16.6. The standard InChI is InChI=1S/C22H28O6/c1-11(2)15-9-10-22(6)21(28-22)19(15)16-7-8-17(26-13(4)24)18(12(3)23)20(16)27-14(5)25/h7-8,11,15,19,21H,9-10H2,1-6H3. The van der Waals surface area contributed by atoms with Gasteiger partial charge in [-0.05, 0) is 44.6 Å². The molecule has 4 unspecified atom stereocenters. The van der Waals surface area contributed by atoms with Gasteiger partial charge in [0.05, 0.1) is 11.7 Å². The second kappa shape index (κ2) is 7.32. The first-order valence-electron chi connectivity index (χ1n) is 9.77. The molecule has 0 bridgehead atoms. The van der Waals surface area contributed by atoms with Gasteiger partial charge in [0.1, 0.15) is 17.1 Å². The first-order valence-corrected chi connectivity index (χ1v) is 9.77. The van der Waals surface area contributed by atoms with Crippen molar-refractivity contribution in [1.29, 1.82) is 0 Å². The Balaban J connectivity index is 2.18. The number of fused-ring (bicyclic) bond motifs is 1. The van der Waals surface area contributed by atoms with Crippen LogP contribution in [0.25, 0.3) is 0 Å². The van der Waals surface area contributed by atoms with Gasteiger partial charge in [0.2, 0.25) is 0 Å². The van der Waals surface area contributed by atoms with Crippen molar-refractivity contribution >= 4 is 17.7 Å². The molecule has 1 heterocycles. The molecule has 2 aliphatic rings. The molecule has 0 aromatic heterocycles. The van der Waals surface area contributed by atoms with Gasteiger partial charge in [-0.2, -0.15) is 0 Å². The minimum absolute atomic E-state index is 0.00224. The highest BCUT2D eigenvalue weighted by molar-refractivity contribution is 6.01. The van der Waals surface area contributed by atoms with E-state index in [1.54, 1.807) is 12.1 Å². The molecule has 1 aliphatic carbocycles. The van der Waals surface area contributed by atoms with E-state index in [9.17, 15) is 14.4 Å². The van der Waals surface area contributed by atoms with Gasteiger partial charge in [-0.1, -0.05) is 19.9 Å². The summed E-state index contributed by atoms with van der Waals surface area (Å²) in [6.45, 7) is 10.4. The van der Waals surface area contributed by atoms with Crippen LogP contribution < -0.4 is 9.47 Å². The van der Waals surface area contributed by atoms with Crippen LogP contribution in [0, 0.1) is 11.8 Å². The Hall–Kier alpha value is -2.21. The van der Waals surface area contributed by atoms with E-state index in [1.165, 1.54) is 20.8 Å². The molecule has 2 fully saturated rings. The average Bonchev–Trinajstić information content (AvgIpc) is 3.24. The van der Waals surface area contributed by atoms with Crippen molar-refractivity contribution < 1.29 is 28.6 Å². The fourth-order valence-corrected chi connectivity index (χ4v) is 4.58. The minimum Gasteiger partial charge on any atom is -0.426 e. The van der Waals surface area contributed by atoms with E-state index < -0.39 is 11.9 Å². The third-order valence-electron chi connectivity index (χ3n) is 5.92. The Kier molecular flexibility index (Phi) is 5.36. The summed E-state index contributed by atoms with van der Waals surface area (Å²) in [5.41, 5.74) is 0.718. The highest BCUT2D eigenvalue weighted by Gasteiger charge is 2.61. The summed E-state index contributed by atoms with van der Waals surface area (Å²) in [5.74, 6) is -0.374. The van der Waals surface area contributed by atoms with Crippen LogP contribution in [0.15, 0.2) is 12.1 Å². The normalized spacial score (nSPS) is 28.5. The van der Waals surface area contributed by atoms with Crippen LogP contribution in [0.5, 0.6) is 11.5 Å². The van der Waals surface area contributed by atoms with Crippen molar-refractivity contribution in [2.24, 2.45) is 11.8 Å². The molecule has 4 atom stereocenters. The zero-order valence-electron chi connectivity index (χ0n) is 17.3. The zero-order valence-corrected chi connectivity index (χ0v) is 17.3. The van der Waals surface area contributed by atoms with Crippen molar-refractivity contribution in [1.82, 2.24) is 0 Å². The Morgan fingerprint density at radius 3 is 2.29 bits per heavy atom. The van der Waals surface area contributed by atoms with E-state index in [2.05, 4.69) is 20.8 Å². The molecule has 3 rings (SSSR count). The second-order valence-corrected chi connectivity index (χ2v) is 8.42. The van der Waals surface area contributed by atoms with E-state index in [0.717, 1.165) is 18.4 Å². The maximum absolute atomic E-state index is 12.4. The fourth-order valence-electron chi connectivity index (χ4n) is 4.58. The van der Waals surface area contributed by atoms with Crippen molar-refractivity contribution in [3.05, 3.63) is 23.3 Å². The lowest BCUT2D eigenvalue weighted by molar-refractivity contribution is -0.132. The molecule has 28 heavy (non-hydrogen) atoms. The van der Waals surface area contributed by atoms with Crippen LogP contribution in [0.2, 0.25) is 0 Å². The summed E-state index contributed by atoms with van der Waals surface area (Å²) in [6.07, 6.45) is 2.00. The molecule has 6 heteroatoms. The molecule has 152 valence electrons. The molecule has 1 aromatic rings. The largest absolute Gasteiger partial charge is 0.426 e. The summed E-state index contributed by atoms with van der Waals surface area (Å²) >= 11 is 0. The van der Waals surface area contributed by atoms with Crippen LogP contribution in [0.4, 0.5) is 0 Å². The van der Waals surface area contributed by atoms with Gasteiger partial charge in [0.15, 0.2) is 5.78 Å². The van der Waals surface area contributed by atoms with Crippen LogP contribution in [-0.4, -0.2) is 29.4 Å². The molecule has 0 radical (unpaired) electrons. The van der Waals surface area contributed by atoms with Gasteiger partial charge in [-0.15, -0.1) is 0 Å². The number of ether oxygens (including phenoxy) is 3. The number of ketones is 1. The van der Waals surface area contributed by atoms with E-state index in [1.807, 2.05) is 0 Å². The Bertz CT molecular complexity index is 827. The fraction of sp³-hybridized carbons (Fsp3) is 0.591. The first-order chi connectivity index (χ1) is 13.0. The van der Waals surface area contributed by atoms with E-state index in [0.29, 0.717) is 11.8 Å². The van der Waals surface area contributed by atoms with Crippen LogP contribution in [0.3, 0.4) is 0 Å². The van der Waals surface area contributed by atoms with E-state index >= 15 is 0 Å². The monoisotopic (exact) mass is 388 g/mol. The predicted octanol–water partition coefficient (Wildman–Crippen LogP) is 4.05. The summed E-state index contributed by atoms with van der Waals surface area (Å²) in [5, 5.41) is 0. The first kappa shape index (κ1) is 20.5. The lowest BCUT2D eigenvalue weighted by atomic mass is 9.67. The number of carbonyl (C=O) groups excluding carboxylic acids is 3. The SMILES string of the molecule is CC(=O)Oc1ccc(C2C(C(C)C)CCC3(C)OC23)c(OC(C)=O)c1C(C)=O. The third kappa shape index (κ3) is 3.70. The molecule has 0 amide bonds. The summed E-state index contributed by atoms with van der Waals surface area (Å²) in [4.78, 5) is 35.8. The van der Waals surface area contributed by atoms with E-state index in [-0.39, 0.29) is 40.5 Å². The average molecular weight is 388 g/mol. The molecule has 0 N–H and O–H groups in total. The number of esters is 2. The van der Waals surface area contributed by atoms with Gasteiger partial charge in [-0.3, -0.25) is 14.4 Å². The number of carbonyl (C=O) groups is 3. The zero-order chi connectivity index (χ0) is 20.8. The van der Waals surface area contributed by atoms with Crippen molar-refractivity contribution in [3.63, 3.8) is 0 Å². The molecular weight excluding hydrogens is 360 g/mol. The van der Waals surface area contributed by atoms with Crippen molar-refractivity contribution in [2.75, 3.05) is 0 Å². The molecular formula is C22H28O6. The topological polar surface area (TPSA) is 82.2 Å². The summed E-state index contributed by atoms with van der Waals surface area (Å²) in [6, 6.07) is 3.42. The highest BCUT2D eigenvalue weighted by Crippen LogP contribution is 2.59. The van der Waals surface area contributed by atoms with Gasteiger partial charge in [0.25, 0.3) is 0 Å². The molecule has 6 nitrogen and oxygen atoms in total. The van der Waals surface area contributed by atoms with Gasteiger partial charge in [-0.25, -0.2) is 0 Å². The second-order valence-electron chi connectivity index (χ2n) is 8.42. The summed E-state index contributed by atoms with van der Waals surface area (Å²) in [7, 11) is 0. The van der Waals surface area contributed by atoms with Crippen molar-refractivity contribution in [3.8, 4) is 11.5 Å². The number of Topliss-reactive ketones (excluding diaryl/α,β-unsaturated/α-hetero) is 1. The third-order valence-corrected chi connectivity index (χ3v) is 5.92. The Morgan fingerprint density at radius 1 is 1.11 bits per heavy atom. The number of rotatable bonds is 5. The Morgan fingerprint density at radius 2 is 1.75 bits per heavy atom. The van der Waals surface area contributed by atoms with Gasteiger partial charge < -0.3 is 14.2 Å². The van der Waals surface area contributed by atoms with Crippen LogP contribution in [0.1, 0.15) is 76.2 Å². The molecule has 1 aromatic carbocycles. The number of hydrogen-bond acceptors (Lipinski definition) is 6. The number of benzene rings is 1. The minimum atomic E-state index is -0.542. The maximum Gasteiger partial charge on any atom is 0.308 e. The number of hydrogen-bond donors (Lipinski definition) is 0. The predicted molar refractivity (Wildman–Crippen MR) is 103 cm³/mol. The maximum atomic E-state index is 12.4. The molecule has 1 aliphatic heterocycles. The molecule has 0 spiro atoms. The quantitative estimate of drug-likeness (QED) is 0.328. The van der Waals surface area contributed by atoms with Gasteiger partial charge >= 0.3 is 11.9 Å². The lowest BCUT2D eigenvalue weighted by Crippen LogP contribution is -2.33. The smallest absolute Gasteiger partial charge is 0.308 e.